The third-order valence-corrected chi connectivity index (χ3v) is 3.17. The molecule has 0 aliphatic carbocycles. The highest BCUT2D eigenvalue weighted by molar-refractivity contribution is 7.69. The summed E-state index contributed by atoms with van der Waals surface area (Å²) in [4.78, 5) is 4.22. The van der Waals surface area contributed by atoms with Crippen molar-refractivity contribution in [2.75, 3.05) is 0 Å². The number of aromatic nitrogens is 1. The molecular weight excluding hydrogens is 261 g/mol. The van der Waals surface area contributed by atoms with Crippen LogP contribution >= 0.6 is 20.7 Å². The third kappa shape index (κ3) is 5.77. The minimum Gasteiger partial charge on any atom is -0.418 e. The fraction of sp³-hybridized carbons (Fsp3) is 0. The lowest BCUT2D eigenvalue weighted by molar-refractivity contribution is 0.368. The van der Waals surface area contributed by atoms with Gasteiger partial charge in [0, 0.05) is 5.56 Å². The molecule has 0 radical (unpaired) electrons. The maximum atomic E-state index is 9.75. The predicted octanol–water partition coefficient (Wildman–Crippen LogP) is 4.45. The van der Waals surface area contributed by atoms with Crippen molar-refractivity contribution in [3.63, 3.8) is 0 Å². The van der Waals surface area contributed by atoms with Crippen LogP contribution in [0.2, 0.25) is 0 Å². The van der Waals surface area contributed by atoms with Gasteiger partial charge in [0.1, 0.15) is 0 Å². The third-order valence-electron chi connectivity index (χ3n) is 1.36. The SMILES string of the molecule is F[B-](F)(F)F.c1ccc(-c2nc[s+]s2)cc1. The van der Waals surface area contributed by atoms with Crippen LogP contribution in [0.3, 0.4) is 0 Å². The first-order valence-electron chi connectivity index (χ1n) is 4.12. The molecule has 0 N–H and O–H groups in total. The molecule has 0 bridgehead atoms. The van der Waals surface area contributed by atoms with Crippen molar-refractivity contribution in [1.82, 2.24) is 4.98 Å². The standard InChI is InChI=1S/C8H6NS2.BF4/c1-2-4-7(5-3-1)8-9-6-10-11-8;2-1(3,4)5/h1-6H;/q+1;-1. The van der Waals surface area contributed by atoms with E-state index in [1.807, 2.05) is 23.7 Å². The highest BCUT2D eigenvalue weighted by Gasteiger charge is 2.20. The Balaban J connectivity index is 0.000000221. The second-order valence-corrected chi connectivity index (χ2v) is 4.61. The van der Waals surface area contributed by atoms with E-state index in [0.29, 0.717) is 0 Å². The van der Waals surface area contributed by atoms with E-state index >= 15 is 0 Å². The summed E-state index contributed by atoms with van der Waals surface area (Å²) in [5.74, 6) is 0. The molecule has 86 valence electrons. The van der Waals surface area contributed by atoms with E-state index in [0.717, 1.165) is 5.01 Å². The summed E-state index contributed by atoms with van der Waals surface area (Å²) in [5.41, 5.74) is 3.08. The zero-order chi connectivity index (χ0) is 12.0. The van der Waals surface area contributed by atoms with E-state index in [1.54, 1.807) is 20.7 Å². The van der Waals surface area contributed by atoms with Crippen LogP contribution in [-0.2, 0) is 0 Å². The molecule has 0 aliphatic heterocycles. The van der Waals surface area contributed by atoms with Crippen molar-refractivity contribution in [3.05, 3.63) is 35.8 Å². The minimum absolute atomic E-state index is 1.11. The van der Waals surface area contributed by atoms with Crippen LogP contribution in [0.4, 0.5) is 17.3 Å². The average Bonchev–Trinajstić information content (AvgIpc) is 2.69. The van der Waals surface area contributed by atoms with Crippen LogP contribution in [0.15, 0.2) is 35.8 Å². The van der Waals surface area contributed by atoms with E-state index in [4.69, 9.17) is 0 Å². The molecule has 0 aliphatic rings. The number of halogens is 4. The first-order chi connectivity index (χ1) is 7.47. The summed E-state index contributed by atoms with van der Waals surface area (Å²) in [6, 6.07) is 10.2. The van der Waals surface area contributed by atoms with Gasteiger partial charge < -0.3 is 17.3 Å². The van der Waals surface area contributed by atoms with E-state index < -0.39 is 7.25 Å². The fourth-order valence-corrected chi connectivity index (χ4v) is 2.49. The van der Waals surface area contributed by atoms with Crippen molar-refractivity contribution >= 4 is 27.9 Å². The van der Waals surface area contributed by atoms with Gasteiger partial charge in [-0.1, -0.05) is 30.3 Å². The van der Waals surface area contributed by atoms with Crippen molar-refractivity contribution in [2.45, 2.75) is 0 Å². The van der Waals surface area contributed by atoms with Gasteiger partial charge in [-0.25, -0.2) is 0 Å². The van der Waals surface area contributed by atoms with Gasteiger partial charge in [0.25, 0.3) is 0 Å². The molecule has 0 unspecified atom stereocenters. The Morgan fingerprint density at radius 3 is 2.06 bits per heavy atom. The normalized spacial score (nSPS) is 10.5. The maximum Gasteiger partial charge on any atom is 0.673 e. The second-order valence-electron chi connectivity index (χ2n) is 2.58. The second kappa shape index (κ2) is 5.90. The molecule has 1 heterocycles. The van der Waals surface area contributed by atoms with Crippen LogP contribution in [0.1, 0.15) is 0 Å². The molecule has 0 fully saturated rings. The highest BCUT2D eigenvalue weighted by Crippen LogP contribution is 2.23. The van der Waals surface area contributed by atoms with Gasteiger partial charge in [-0.05, 0) is 0 Å². The summed E-state index contributed by atoms with van der Waals surface area (Å²) >= 11 is 0. The number of rotatable bonds is 1. The molecule has 1 aromatic heterocycles. The Kier molecular flexibility index (Phi) is 4.82. The van der Waals surface area contributed by atoms with Crippen molar-refractivity contribution < 1.29 is 17.3 Å². The zero-order valence-electron chi connectivity index (χ0n) is 7.82. The minimum atomic E-state index is -6.00. The van der Waals surface area contributed by atoms with Gasteiger partial charge in [0.05, 0.1) is 0 Å². The predicted molar refractivity (Wildman–Crippen MR) is 60.0 cm³/mol. The van der Waals surface area contributed by atoms with E-state index in [9.17, 15) is 17.3 Å². The van der Waals surface area contributed by atoms with Crippen LogP contribution in [0.5, 0.6) is 0 Å². The van der Waals surface area contributed by atoms with Crippen LogP contribution < -0.4 is 0 Å². The average molecular weight is 267 g/mol. The molecule has 0 saturated heterocycles. The first kappa shape index (κ1) is 13.1. The molecule has 2 rings (SSSR count). The summed E-state index contributed by atoms with van der Waals surface area (Å²) < 4.78 is 39.0. The molecule has 1 nitrogen and oxygen atoms in total. The molecular formula is C8H6BF4NS2. The van der Waals surface area contributed by atoms with Gasteiger partial charge in [-0.15, -0.1) is 0 Å². The monoisotopic (exact) mass is 267 g/mol. The van der Waals surface area contributed by atoms with Crippen LogP contribution in [0, 0.1) is 0 Å². The lowest BCUT2D eigenvalue weighted by Crippen LogP contribution is -2.02. The van der Waals surface area contributed by atoms with Gasteiger partial charge in [0.2, 0.25) is 0 Å². The Hall–Kier alpha value is -1.02. The maximum absolute atomic E-state index is 9.75. The Morgan fingerprint density at radius 2 is 1.62 bits per heavy atom. The lowest BCUT2D eigenvalue weighted by atomic mass is 10.2. The van der Waals surface area contributed by atoms with Gasteiger partial charge in [0.15, 0.2) is 15.3 Å². The van der Waals surface area contributed by atoms with Crippen molar-refractivity contribution in [1.29, 1.82) is 0 Å². The highest BCUT2D eigenvalue weighted by atomic mass is 32.9. The summed E-state index contributed by atoms with van der Waals surface area (Å²) in [6.45, 7) is 0. The smallest absolute Gasteiger partial charge is 0.418 e. The quantitative estimate of drug-likeness (QED) is 0.322. The number of nitrogens with zero attached hydrogens (tertiary/aromatic N) is 1. The number of hydrogen-bond acceptors (Lipinski definition) is 2. The molecule has 0 spiro atoms. The Labute approximate surface area is 96.9 Å². The first-order valence-corrected chi connectivity index (χ1v) is 6.33. The van der Waals surface area contributed by atoms with Crippen LogP contribution in [0.25, 0.3) is 10.6 Å². The molecule has 16 heavy (non-hydrogen) atoms. The molecule has 0 saturated carbocycles. The molecule has 2 aromatic rings. The summed E-state index contributed by atoms with van der Waals surface area (Å²) in [5, 5.41) is 1.11. The van der Waals surface area contributed by atoms with E-state index in [1.165, 1.54) is 5.56 Å². The molecule has 0 amide bonds. The van der Waals surface area contributed by atoms with Crippen molar-refractivity contribution in [3.8, 4) is 10.6 Å². The van der Waals surface area contributed by atoms with Gasteiger partial charge in [-0.2, -0.15) is 4.98 Å². The lowest BCUT2D eigenvalue weighted by Gasteiger charge is -1.94. The molecule has 1 aromatic carbocycles. The fourth-order valence-electron chi connectivity index (χ4n) is 0.861. The Bertz CT molecular complexity index is 398. The molecule has 8 heteroatoms. The van der Waals surface area contributed by atoms with Crippen molar-refractivity contribution in [2.24, 2.45) is 0 Å². The Morgan fingerprint density at radius 1 is 1.06 bits per heavy atom. The largest absolute Gasteiger partial charge is 0.673 e. The number of benzene rings is 1. The number of hydrogen-bond donors (Lipinski definition) is 0. The molecule has 0 atom stereocenters. The van der Waals surface area contributed by atoms with Crippen LogP contribution in [-0.4, -0.2) is 12.2 Å². The summed E-state index contributed by atoms with van der Waals surface area (Å²) in [7, 11) is -2.63. The van der Waals surface area contributed by atoms with Gasteiger partial charge >= 0.3 is 23.1 Å². The van der Waals surface area contributed by atoms with E-state index in [2.05, 4.69) is 17.1 Å². The summed E-state index contributed by atoms with van der Waals surface area (Å²) in [6.07, 6.45) is 0. The topological polar surface area (TPSA) is 12.9 Å². The zero-order valence-corrected chi connectivity index (χ0v) is 9.45. The van der Waals surface area contributed by atoms with Gasteiger partial charge in [-0.3, -0.25) is 0 Å². The van der Waals surface area contributed by atoms with E-state index in [-0.39, 0.29) is 0 Å².